The van der Waals surface area contributed by atoms with Crippen LogP contribution in [0.4, 0.5) is 0 Å². The zero-order valence-corrected chi connectivity index (χ0v) is 39.0. The fourth-order valence-corrected chi connectivity index (χ4v) is 7.60. The van der Waals surface area contributed by atoms with Gasteiger partial charge in [-0.15, -0.1) is 0 Å². The molecular weight excluding hydrogens is 709 g/mol. The summed E-state index contributed by atoms with van der Waals surface area (Å²) in [6, 6.07) is 0. The molecule has 2 atom stereocenters. The Kier molecular flexibility index (Phi) is 42.7. The first-order chi connectivity index (χ1) is 27.8. The highest BCUT2D eigenvalue weighted by Crippen LogP contribution is 2.18. The zero-order chi connectivity index (χ0) is 41.9. The molecule has 0 aromatic heterocycles. The van der Waals surface area contributed by atoms with E-state index in [0.717, 1.165) is 69.6 Å². The number of unbranched alkanes of at least 4 members (excludes halogenated alkanes) is 29. The van der Waals surface area contributed by atoms with Gasteiger partial charge in [0.25, 0.3) is 0 Å². The van der Waals surface area contributed by atoms with Gasteiger partial charge in [0.15, 0.2) is 6.10 Å². The Morgan fingerprint density at radius 2 is 0.667 bits per heavy atom. The van der Waals surface area contributed by atoms with Crippen molar-refractivity contribution in [1.82, 2.24) is 0 Å². The van der Waals surface area contributed by atoms with Gasteiger partial charge in [0, 0.05) is 19.3 Å². The van der Waals surface area contributed by atoms with Crippen molar-refractivity contribution in [1.29, 1.82) is 0 Å². The lowest BCUT2D eigenvalue weighted by Gasteiger charge is -2.18. The minimum Gasteiger partial charge on any atom is -0.462 e. The van der Waals surface area contributed by atoms with Crippen LogP contribution in [-0.2, 0) is 28.6 Å². The molecule has 0 bridgehead atoms. The number of hydrogen-bond acceptors (Lipinski definition) is 6. The summed E-state index contributed by atoms with van der Waals surface area (Å²) in [4.78, 5) is 37.8. The average Bonchev–Trinajstić information content (AvgIpc) is 3.19. The number of rotatable bonds is 45. The van der Waals surface area contributed by atoms with Crippen molar-refractivity contribution in [2.24, 2.45) is 11.8 Å². The van der Waals surface area contributed by atoms with Crippen molar-refractivity contribution in [2.45, 2.75) is 285 Å². The van der Waals surface area contributed by atoms with Gasteiger partial charge in [-0.2, -0.15) is 0 Å². The van der Waals surface area contributed by atoms with Crippen LogP contribution in [0, 0.1) is 11.8 Å². The maximum Gasteiger partial charge on any atom is 0.306 e. The molecule has 0 saturated heterocycles. The average molecular weight is 807 g/mol. The van der Waals surface area contributed by atoms with Crippen LogP contribution in [0.5, 0.6) is 0 Å². The van der Waals surface area contributed by atoms with E-state index >= 15 is 0 Å². The summed E-state index contributed by atoms with van der Waals surface area (Å²) in [5.41, 5.74) is 0. The van der Waals surface area contributed by atoms with Crippen molar-refractivity contribution in [2.75, 3.05) is 13.2 Å². The molecule has 6 heteroatoms. The second kappa shape index (κ2) is 44.0. The highest BCUT2D eigenvalue weighted by atomic mass is 16.6. The predicted octanol–water partition coefficient (Wildman–Crippen LogP) is 16.1. The maximum atomic E-state index is 12.8. The van der Waals surface area contributed by atoms with E-state index in [2.05, 4.69) is 34.6 Å². The smallest absolute Gasteiger partial charge is 0.306 e. The lowest BCUT2D eigenvalue weighted by molar-refractivity contribution is -0.167. The van der Waals surface area contributed by atoms with Gasteiger partial charge in [-0.3, -0.25) is 14.4 Å². The van der Waals surface area contributed by atoms with Gasteiger partial charge in [0.2, 0.25) is 0 Å². The molecule has 0 rings (SSSR count). The standard InChI is InChI=1S/C51H98O6/c1-6-8-9-10-11-19-26-31-36-41-49(52)55-44-48(45-56-50(53)42-37-32-27-23-22-25-30-35-40-47(5)7-2)57-51(54)43-38-33-28-21-18-16-14-12-13-15-17-20-24-29-34-39-46(3)4/h46-48H,6-45H2,1-5H3/t47?,48-/m0/s1. The molecule has 0 amide bonds. The summed E-state index contributed by atoms with van der Waals surface area (Å²) in [6.45, 7) is 11.4. The van der Waals surface area contributed by atoms with Gasteiger partial charge in [-0.05, 0) is 31.1 Å². The van der Waals surface area contributed by atoms with Gasteiger partial charge in [0.05, 0.1) is 0 Å². The lowest BCUT2D eigenvalue weighted by Crippen LogP contribution is -2.30. The zero-order valence-electron chi connectivity index (χ0n) is 39.0. The van der Waals surface area contributed by atoms with Gasteiger partial charge >= 0.3 is 17.9 Å². The van der Waals surface area contributed by atoms with E-state index in [1.165, 1.54) is 167 Å². The Labute approximate surface area is 355 Å². The Morgan fingerprint density at radius 3 is 1.00 bits per heavy atom. The summed E-state index contributed by atoms with van der Waals surface area (Å²) in [5.74, 6) is 0.842. The van der Waals surface area contributed by atoms with Crippen LogP contribution in [0.3, 0.4) is 0 Å². The first-order valence-electron chi connectivity index (χ1n) is 25.3. The molecule has 0 aromatic carbocycles. The molecule has 0 heterocycles. The first kappa shape index (κ1) is 55.4. The molecule has 1 unspecified atom stereocenters. The van der Waals surface area contributed by atoms with Crippen molar-refractivity contribution in [3.63, 3.8) is 0 Å². The SMILES string of the molecule is CCCCCCCCCCCC(=O)OC[C@@H](COC(=O)CCCCCCCCCCC(C)CC)OC(=O)CCCCCCCCCCCCCCCCCC(C)C. The molecule has 0 fully saturated rings. The minimum absolute atomic E-state index is 0.0644. The molecule has 57 heavy (non-hydrogen) atoms. The minimum atomic E-state index is -0.761. The van der Waals surface area contributed by atoms with Crippen LogP contribution in [0.1, 0.15) is 279 Å². The Morgan fingerprint density at radius 1 is 0.368 bits per heavy atom. The van der Waals surface area contributed by atoms with E-state index in [-0.39, 0.29) is 31.1 Å². The van der Waals surface area contributed by atoms with Gasteiger partial charge in [-0.1, -0.05) is 240 Å². The van der Waals surface area contributed by atoms with Crippen molar-refractivity contribution in [3.05, 3.63) is 0 Å². The predicted molar refractivity (Wildman–Crippen MR) is 243 cm³/mol. The highest BCUT2D eigenvalue weighted by Gasteiger charge is 2.19. The van der Waals surface area contributed by atoms with Gasteiger partial charge in [-0.25, -0.2) is 0 Å². The molecule has 0 spiro atoms. The van der Waals surface area contributed by atoms with Crippen LogP contribution >= 0.6 is 0 Å². The Hall–Kier alpha value is -1.59. The van der Waals surface area contributed by atoms with Crippen molar-refractivity contribution >= 4 is 17.9 Å². The third kappa shape index (κ3) is 43.8. The number of carbonyl (C=O) groups excluding carboxylic acids is 3. The topological polar surface area (TPSA) is 78.9 Å². The number of ether oxygens (including phenoxy) is 3. The summed E-state index contributed by atoms with van der Waals surface area (Å²) in [7, 11) is 0. The van der Waals surface area contributed by atoms with E-state index in [1.54, 1.807) is 0 Å². The second-order valence-corrected chi connectivity index (χ2v) is 18.2. The fourth-order valence-electron chi connectivity index (χ4n) is 7.60. The monoisotopic (exact) mass is 807 g/mol. The van der Waals surface area contributed by atoms with E-state index in [9.17, 15) is 14.4 Å². The molecule has 0 aromatic rings. The van der Waals surface area contributed by atoms with E-state index in [4.69, 9.17) is 14.2 Å². The number of esters is 3. The molecular formula is C51H98O6. The third-order valence-electron chi connectivity index (χ3n) is 11.8. The Bertz CT molecular complexity index is 872. The van der Waals surface area contributed by atoms with Gasteiger partial charge in [0.1, 0.15) is 13.2 Å². The first-order valence-corrected chi connectivity index (χ1v) is 25.3. The van der Waals surface area contributed by atoms with Crippen LogP contribution in [0.2, 0.25) is 0 Å². The molecule has 6 nitrogen and oxygen atoms in total. The molecule has 0 aliphatic carbocycles. The largest absolute Gasteiger partial charge is 0.462 e. The van der Waals surface area contributed by atoms with Crippen LogP contribution in [-0.4, -0.2) is 37.2 Å². The summed E-state index contributed by atoms with van der Waals surface area (Å²) in [6.07, 6.45) is 43.7. The van der Waals surface area contributed by atoms with E-state index in [0.29, 0.717) is 19.3 Å². The van der Waals surface area contributed by atoms with Crippen molar-refractivity contribution < 1.29 is 28.6 Å². The van der Waals surface area contributed by atoms with E-state index in [1.807, 2.05) is 0 Å². The second-order valence-electron chi connectivity index (χ2n) is 18.2. The quantitative estimate of drug-likeness (QED) is 0.0346. The maximum absolute atomic E-state index is 12.8. The van der Waals surface area contributed by atoms with Crippen LogP contribution in [0.15, 0.2) is 0 Å². The molecule has 338 valence electrons. The van der Waals surface area contributed by atoms with E-state index < -0.39 is 6.10 Å². The Balaban J connectivity index is 4.26. The highest BCUT2D eigenvalue weighted by molar-refractivity contribution is 5.71. The molecule has 0 radical (unpaired) electrons. The molecule has 0 aliphatic heterocycles. The molecule has 0 saturated carbocycles. The van der Waals surface area contributed by atoms with Crippen molar-refractivity contribution in [3.8, 4) is 0 Å². The fraction of sp³-hybridized carbons (Fsp3) is 0.941. The molecule has 0 aliphatic rings. The molecule has 0 N–H and O–H groups in total. The van der Waals surface area contributed by atoms with Crippen LogP contribution in [0.25, 0.3) is 0 Å². The summed E-state index contributed by atoms with van der Waals surface area (Å²) in [5, 5.41) is 0. The number of carbonyl (C=O) groups is 3. The lowest BCUT2D eigenvalue weighted by atomic mass is 9.99. The van der Waals surface area contributed by atoms with Crippen LogP contribution < -0.4 is 0 Å². The van der Waals surface area contributed by atoms with Gasteiger partial charge < -0.3 is 14.2 Å². The summed E-state index contributed by atoms with van der Waals surface area (Å²) >= 11 is 0. The number of hydrogen-bond donors (Lipinski definition) is 0. The summed E-state index contributed by atoms with van der Waals surface area (Å²) < 4.78 is 16.8. The third-order valence-corrected chi connectivity index (χ3v) is 11.8. The normalized spacial score (nSPS) is 12.5.